The van der Waals surface area contributed by atoms with Crippen molar-refractivity contribution in [2.24, 2.45) is 7.05 Å². The molecule has 0 bridgehead atoms. The highest BCUT2D eigenvalue weighted by Crippen LogP contribution is 2.23. The van der Waals surface area contributed by atoms with E-state index >= 15 is 0 Å². The van der Waals surface area contributed by atoms with Gasteiger partial charge in [-0.3, -0.25) is 0 Å². The van der Waals surface area contributed by atoms with Crippen LogP contribution in [0.1, 0.15) is 11.4 Å². The van der Waals surface area contributed by atoms with E-state index in [4.69, 9.17) is 4.74 Å². The SMILES string of the molecule is COc1cccc(C=C(C#N)c2nnc(-c3ccccc3)n2C)c1. The Hall–Kier alpha value is -3.39. The molecule has 0 N–H and O–H groups in total. The molecule has 0 radical (unpaired) electrons. The molecule has 0 amide bonds. The first-order valence-corrected chi connectivity index (χ1v) is 7.44. The van der Waals surface area contributed by atoms with Crippen molar-refractivity contribution in [2.75, 3.05) is 7.11 Å². The minimum Gasteiger partial charge on any atom is -0.497 e. The van der Waals surface area contributed by atoms with E-state index in [1.54, 1.807) is 13.2 Å². The molecule has 1 aromatic heterocycles. The maximum absolute atomic E-state index is 9.54. The first-order valence-electron chi connectivity index (χ1n) is 7.44. The van der Waals surface area contributed by atoms with Gasteiger partial charge in [0.25, 0.3) is 0 Å². The first-order chi connectivity index (χ1) is 11.7. The summed E-state index contributed by atoms with van der Waals surface area (Å²) in [6, 6.07) is 19.5. The summed E-state index contributed by atoms with van der Waals surface area (Å²) in [6.07, 6.45) is 1.78. The lowest BCUT2D eigenvalue weighted by atomic mass is 10.1. The van der Waals surface area contributed by atoms with Gasteiger partial charge < -0.3 is 9.30 Å². The minimum atomic E-state index is 0.445. The van der Waals surface area contributed by atoms with Gasteiger partial charge in [0.2, 0.25) is 0 Å². The molecule has 1 heterocycles. The van der Waals surface area contributed by atoms with Gasteiger partial charge in [0.15, 0.2) is 11.6 Å². The fourth-order valence-electron chi connectivity index (χ4n) is 2.45. The molecule has 3 aromatic rings. The van der Waals surface area contributed by atoms with E-state index in [0.29, 0.717) is 11.4 Å². The third-order valence-corrected chi connectivity index (χ3v) is 3.67. The molecule has 0 saturated carbocycles. The summed E-state index contributed by atoms with van der Waals surface area (Å²) in [5.41, 5.74) is 2.27. The molecular formula is C19H16N4O. The van der Waals surface area contributed by atoms with Gasteiger partial charge in [-0.1, -0.05) is 42.5 Å². The fourth-order valence-corrected chi connectivity index (χ4v) is 2.45. The van der Waals surface area contributed by atoms with Crippen LogP contribution in [-0.2, 0) is 7.05 Å². The van der Waals surface area contributed by atoms with E-state index < -0.39 is 0 Å². The van der Waals surface area contributed by atoms with Crippen LogP contribution < -0.4 is 4.74 Å². The van der Waals surface area contributed by atoms with Crippen molar-refractivity contribution in [3.05, 3.63) is 66.0 Å². The number of benzene rings is 2. The van der Waals surface area contributed by atoms with Crippen molar-refractivity contribution < 1.29 is 4.74 Å². The lowest BCUT2D eigenvalue weighted by molar-refractivity contribution is 0.414. The van der Waals surface area contributed by atoms with E-state index in [1.165, 1.54) is 0 Å². The van der Waals surface area contributed by atoms with Crippen LogP contribution in [0.15, 0.2) is 54.6 Å². The van der Waals surface area contributed by atoms with Gasteiger partial charge >= 0.3 is 0 Å². The molecule has 0 aliphatic rings. The van der Waals surface area contributed by atoms with Gasteiger partial charge in [0, 0.05) is 12.6 Å². The number of nitriles is 1. The third-order valence-electron chi connectivity index (χ3n) is 3.67. The Morgan fingerprint density at radius 3 is 2.62 bits per heavy atom. The fraction of sp³-hybridized carbons (Fsp3) is 0.105. The van der Waals surface area contributed by atoms with Crippen LogP contribution in [0.5, 0.6) is 5.75 Å². The quantitative estimate of drug-likeness (QED) is 0.690. The molecule has 0 saturated heterocycles. The van der Waals surface area contributed by atoms with Crippen molar-refractivity contribution in [3.8, 4) is 23.2 Å². The van der Waals surface area contributed by atoms with Gasteiger partial charge in [-0.05, 0) is 23.8 Å². The molecular weight excluding hydrogens is 300 g/mol. The largest absolute Gasteiger partial charge is 0.497 e. The number of hydrogen-bond acceptors (Lipinski definition) is 4. The Labute approximate surface area is 140 Å². The highest BCUT2D eigenvalue weighted by atomic mass is 16.5. The number of hydrogen-bond donors (Lipinski definition) is 0. The Morgan fingerprint density at radius 1 is 1.12 bits per heavy atom. The Morgan fingerprint density at radius 2 is 1.92 bits per heavy atom. The van der Waals surface area contributed by atoms with Crippen LogP contribution in [0.4, 0.5) is 0 Å². The van der Waals surface area contributed by atoms with E-state index in [-0.39, 0.29) is 0 Å². The summed E-state index contributed by atoms with van der Waals surface area (Å²) in [4.78, 5) is 0. The summed E-state index contributed by atoms with van der Waals surface area (Å²) in [5, 5.41) is 18.0. The summed E-state index contributed by atoms with van der Waals surface area (Å²) >= 11 is 0. The normalized spacial score (nSPS) is 11.1. The van der Waals surface area contributed by atoms with Crippen molar-refractivity contribution >= 4 is 11.6 Å². The first kappa shape index (κ1) is 15.5. The van der Waals surface area contributed by atoms with Gasteiger partial charge in [-0.25, -0.2) is 0 Å². The molecule has 0 aliphatic carbocycles. The van der Waals surface area contributed by atoms with Crippen molar-refractivity contribution in [3.63, 3.8) is 0 Å². The maximum Gasteiger partial charge on any atom is 0.174 e. The van der Waals surface area contributed by atoms with E-state index in [0.717, 1.165) is 22.7 Å². The summed E-state index contributed by atoms with van der Waals surface area (Å²) in [7, 11) is 3.47. The summed E-state index contributed by atoms with van der Waals surface area (Å²) < 4.78 is 7.04. The van der Waals surface area contributed by atoms with Gasteiger partial charge in [0.1, 0.15) is 11.8 Å². The number of aromatic nitrogens is 3. The van der Waals surface area contributed by atoms with Gasteiger partial charge in [-0.2, -0.15) is 5.26 Å². The molecule has 2 aromatic carbocycles. The molecule has 0 spiro atoms. The second-order valence-electron chi connectivity index (χ2n) is 5.22. The molecule has 5 nitrogen and oxygen atoms in total. The van der Waals surface area contributed by atoms with Gasteiger partial charge in [0.05, 0.1) is 12.7 Å². The van der Waals surface area contributed by atoms with Crippen molar-refractivity contribution in [2.45, 2.75) is 0 Å². The average Bonchev–Trinajstić information content (AvgIpc) is 3.02. The molecule has 5 heteroatoms. The lowest BCUT2D eigenvalue weighted by Gasteiger charge is -2.04. The predicted octanol–water partition coefficient (Wildman–Crippen LogP) is 3.55. The topological polar surface area (TPSA) is 63.7 Å². The predicted molar refractivity (Wildman–Crippen MR) is 92.9 cm³/mol. The van der Waals surface area contributed by atoms with Crippen LogP contribution in [0.25, 0.3) is 23.0 Å². The molecule has 24 heavy (non-hydrogen) atoms. The Bertz CT molecular complexity index is 920. The molecule has 3 rings (SSSR count). The maximum atomic E-state index is 9.54. The van der Waals surface area contributed by atoms with E-state index in [9.17, 15) is 5.26 Å². The number of rotatable bonds is 4. The zero-order valence-electron chi connectivity index (χ0n) is 13.5. The highest BCUT2D eigenvalue weighted by Gasteiger charge is 2.14. The van der Waals surface area contributed by atoms with Gasteiger partial charge in [-0.15, -0.1) is 10.2 Å². The standard InChI is InChI=1S/C19H16N4O/c1-23-18(15-8-4-3-5-9-15)21-22-19(23)16(13-20)11-14-7-6-10-17(12-14)24-2/h3-12H,1-2H3. The zero-order chi connectivity index (χ0) is 16.9. The number of ether oxygens (including phenoxy) is 1. The zero-order valence-corrected chi connectivity index (χ0v) is 13.5. The average molecular weight is 316 g/mol. The lowest BCUT2D eigenvalue weighted by Crippen LogP contribution is -1.98. The minimum absolute atomic E-state index is 0.445. The summed E-state index contributed by atoms with van der Waals surface area (Å²) in [6.45, 7) is 0. The molecule has 0 fully saturated rings. The monoisotopic (exact) mass is 316 g/mol. The smallest absolute Gasteiger partial charge is 0.174 e. The number of methoxy groups -OCH3 is 1. The van der Waals surface area contributed by atoms with Crippen LogP contribution in [-0.4, -0.2) is 21.9 Å². The Kier molecular flexibility index (Phi) is 4.39. The molecule has 0 unspecified atom stereocenters. The summed E-state index contributed by atoms with van der Waals surface area (Å²) in [5.74, 6) is 1.99. The number of nitrogens with zero attached hydrogens (tertiary/aromatic N) is 4. The van der Waals surface area contributed by atoms with Crippen molar-refractivity contribution in [1.82, 2.24) is 14.8 Å². The molecule has 0 aliphatic heterocycles. The van der Waals surface area contributed by atoms with E-state index in [2.05, 4.69) is 16.3 Å². The van der Waals surface area contributed by atoms with Crippen molar-refractivity contribution in [1.29, 1.82) is 5.26 Å². The van der Waals surface area contributed by atoms with E-state index in [1.807, 2.05) is 66.2 Å². The Balaban J connectivity index is 2.02. The third kappa shape index (κ3) is 3.03. The molecule has 0 atom stereocenters. The second kappa shape index (κ2) is 6.80. The van der Waals surface area contributed by atoms with Crippen LogP contribution in [0.3, 0.4) is 0 Å². The highest BCUT2D eigenvalue weighted by molar-refractivity contribution is 5.87. The van der Waals surface area contributed by atoms with Crippen LogP contribution in [0, 0.1) is 11.3 Å². The molecule has 118 valence electrons. The number of allylic oxidation sites excluding steroid dienone is 1. The van der Waals surface area contributed by atoms with Crippen LogP contribution >= 0.6 is 0 Å². The second-order valence-corrected chi connectivity index (χ2v) is 5.22. The van der Waals surface area contributed by atoms with Crippen LogP contribution in [0.2, 0.25) is 0 Å².